The highest BCUT2D eigenvalue weighted by Crippen LogP contribution is 2.43. The lowest BCUT2D eigenvalue weighted by Crippen LogP contribution is -2.43. The van der Waals surface area contributed by atoms with Crippen molar-refractivity contribution in [3.05, 3.63) is 52.6 Å². The summed E-state index contributed by atoms with van der Waals surface area (Å²) in [5.74, 6) is -0.854. The van der Waals surface area contributed by atoms with Crippen LogP contribution in [-0.2, 0) is 9.53 Å². The highest BCUT2D eigenvalue weighted by atomic mass is 79.9. The maximum Gasteiger partial charge on any atom is 0.335 e. The standard InChI is InChI=1S/C23H21BrFN5O3/c1-33-23(22(31)32)6-4-12(5-7-23)19-18(24)20(26)30-21(29-19)16(11-28-30)14-8-13-9-15(25)2-3-17(13)27-10-14/h2-3,8-12H,4-7,26H2,1H3,(H,31,32)/t12-,23-. The number of nitrogens with two attached hydrogens (primary N) is 1. The zero-order valence-electron chi connectivity index (χ0n) is 17.8. The molecule has 3 aromatic heterocycles. The fourth-order valence-electron chi connectivity index (χ4n) is 4.60. The number of fused-ring (bicyclic) bond motifs is 2. The van der Waals surface area contributed by atoms with Crippen LogP contribution >= 0.6 is 15.9 Å². The number of ether oxygens (including phenoxy) is 1. The van der Waals surface area contributed by atoms with Gasteiger partial charge in [-0.05, 0) is 65.9 Å². The van der Waals surface area contributed by atoms with Gasteiger partial charge in [0.15, 0.2) is 11.2 Å². The number of anilines is 1. The molecule has 33 heavy (non-hydrogen) atoms. The van der Waals surface area contributed by atoms with Gasteiger partial charge in [0.25, 0.3) is 0 Å². The minimum Gasteiger partial charge on any atom is -0.479 e. The second-order valence-electron chi connectivity index (χ2n) is 8.33. The Morgan fingerprint density at radius 1 is 1.30 bits per heavy atom. The number of carbonyl (C=O) groups is 1. The predicted octanol–water partition coefficient (Wildman–Crippen LogP) is 4.56. The van der Waals surface area contributed by atoms with Gasteiger partial charge in [0.1, 0.15) is 11.6 Å². The minimum atomic E-state index is -1.16. The zero-order chi connectivity index (χ0) is 23.3. The fourth-order valence-corrected chi connectivity index (χ4v) is 5.18. The number of pyridine rings is 1. The van der Waals surface area contributed by atoms with Crippen molar-refractivity contribution >= 4 is 44.3 Å². The molecule has 1 aromatic carbocycles. The number of aliphatic carboxylic acids is 1. The second kappa shape index (κ2) is 8.03. The molecule has 0 bridgehead atoms. The summed E-state index contributed by atoms with van der Waals surface area (Å²) in [7, 11) is 1.44. The molecule has 0 spiro atoms. The van der Waals surface area contributed by atoms with Gasteiger partial charge in [0.2, 0.25) is 0 Å². The van der Waals surface area contributed by atoms with Crippen molar-refractivity contribution in [1.82, 2.24) is 19.6 Å². The van der Waals surface area contributed by atoms with Gasteiger partial charge in [-0.15, -0.1) is 0 Å². The molecule has 0 unspecified atom stereocenters. The van der Waals surface area contributed by atoms with E-state index in [2.05, 4.69) is 26.0 Å². The summed E-state index contributed by atoms with van der Waals surface area (Å²) < 4.78 is 21.3. The Balaban J connectivity index is 1.57. The third-order valence-corrected chi connectivity index (χ3v) is 7.38. The molecule has 5 rings (SSSR count). The number of nitrogen functional groups attached to an aromatic ring is 1. The van der Waals surface area contributed by atoms with Crippen LogP contribution in [0, 0.1) is 5.82 Å². The summed E-state index contributed by atoms with van der Waals surface area (Å²) >= 11 is 3.57. The number of halogens is 2. The van der Waals surface area contributed by atoms with Crippen LogP contribution in [0.1, 0.15) is 37.3 Å². The first-order chi connectivity index (χ1) is 15.8. The van der Waals surface area contributed by atoms with Gasteiger partial charge in [0, 0.05) is 35.7 Å². The summed E-state index contributed by atoms with van der Waals surface area (Å²) in [6.07, 6.45) is 5.34. The topological polar surface area (TPSA) is 116 Å². The average molecular weight is 514 g/mol. The van der Waals surface area contributed by atoms with Crippen LogP contribution in [0.15, 0.2) is 41.1 Å². The molecule has 3 N–H and O–H groups in total. The molecular weight excluding hydrogens is 493 g/mol. The second-order valence-corrected chi connectivity index (χ2v) is 9.12. The zero-order valence-corrected chi connectivity index (χ0v) is 19.3. The van der Waals surface area contributed by atoms with Crippen molar-refractivity contribution < 1.29 is 19.0 Å². The van der Waals surface area contributed by atoms with E-state index >= 15 is 0 Å². The van der Waals surface area contributed by atoms with E-state index in [1.165, 1.54) is 19.2 Å². The smallest absolute Gasteiger partial charge is 0.335 e. The number of methoxy groups -OCH3 is 1. The fraction of sp³-hybridized carbons (Fsp3) is 0.304. The highest BCUT2D eigenvalue weighted by Gasteiger charge is 2.43. The molecule has 1 saturated carbocycles. The maximum atomic E-state index is 13.7. The van der Waals surface area contributed by atoms with Crippen LogP contribution in [-0.4, -0.2) is 43.4 Å². The maximum absolute atomic E-state index is 13.7. The van der Waals surface area contributed by atoms with Crippen LogP contribution in [0.3, 0.4) is 0 Å². The van der Waals surface area contributed by atoms with Gasteiger partial charge in [-0.3, -0.25) is 4.98 Å². The van der Waals surface area contributed by atoms with E-state index in [1.54, 1.807) is 23.0 Å². The normalized spacial score (nSPS) is 21.0. The van der Waals surface area contributed by atoms with Crippen LogP contribution in [0.2, 0.25) is 0 Å². The summed E-state index contributed by atoms with van der Waals surface area (Å²) in [6, 6.07) is 6.30. The molecule has 10 heteroatoms. The number of carboxylic acid groups (broad SMARTS) is 1. The number of rotatable bonds is 4. The van der Waals surface area contributed by atoms with Crippen molar-refractivity contribution in [3.63, 3.8) is 0 Å². The summed E-state index contributed by atoms with van der Waals surface area (Å²) in [4.78, 5) is 21.0. The van der Waals surface area contributed by atoms with E-state index in [1.807, 2.05) is 6.07 Å². The first kappa shape index (κ1) is 21.7. The predicted molar refractivity (Wildman–Crippen MR) is 124 cm³/mol. The summed E-state index contributed by atoms with van der Waals surface area (Å²) in [6.45, 7) is 0. The van der Waals surface area contributed by atoms with Crippen molar-refractivity contribution in [2.75, 3.05) is 12.8 Å². The molecule has 1 aliphatic rings. The Morgan fingerprint density at radius 3 is 2.76 bits per heavy atom. The molecule has 0 saturated heterocycles. The number of hydrogen-bond acceptors (Lipinski definition) is 6. The first-order valence-electron chi connectivity index (χ1n) is 10.5. The molecule has 1 fully saturated rings. The number of aromatic nitrogens is 4. The average Bonchev–Trinajstić information content (AvgIpc) is 3.25. The van der Waals surface area contributed by atoms with Crippen LogP contribution in [0.25, 0.3) is 27.7 Å². The third kappa shape index (κ3) is 3.53. The van der Waals surface area contributed by atoms with Gasteiger partial charge in [-0.2, -0.15) is 9.61 Å². The molecular formula is C23H21BrFN5O3. The number of hydrogen-bond donors (Lipinski definition) is 2. The Hall–Kier alpha value is -3.11. The van der Waals surface area contributed by atoms with E-state index in [9.17, 15) is 14.3 Å². The van der Waals surface area contributed by atoms with Gasteiger partial charge in [-0.1, -0.05) is 0 Å². The van der Waals surface area contributed by atoms with Gasteiger partial charge in [0.05, 0.1) is 21.9 Å². The summed E-state index contributed by atoms with van der Waals surface area (Å²) in [5, 5.41) is 14.7. The van der Waals surface area contributed by atoms with Crippen LogP contribution in [0.5, 0.6) is 0 Å². The van der Waals surface area contributed by atoms with Crippen molar-refractivity contribution in [1.29, 1.82) is 0 Å². The molecule has 4 aromatic rings. The molecule has 3 heterocycles. The largest absolute Gasteiger partial charge is 0.479 e. The van der Waals surface area contributed by atoms with E-state index in [0.717, 1.165) is 16.8 Å². The van der Waals surface area contributed by atoms with Crippen LogP contribution < -0.4 is 5.73 Å². The Morgan fingerprint density at radius 2 is 2.06 bits per heavy atom. The van der Waals surface area contributed by atoms with E-state index < -0.39 is 11.6 Å². The molecule has 170 valence electrons. The Bertz CT molecular complexity index is 1400. The summed E-state index contributed by atoms with van der Waals surface area (Å²) in [5.41, 5.74) is 8.71. The van der Waals surface area contributed by atoms with Gasteiger partial charge < -0.3 is 15.6 Å². The number of benzene rings is 1. The molecule has 0 atom stereocenters. The lowest BCUT2D eigenvalue weighted by Gasteiger charge is -2.35. The van der Waals surface area contributed by atoms with E-state index in [4.69, 9.17) is 15.5 Å². The van der Waals surface area contributed by atoms with E-state index in [-0.39, 0.29) is 11.7 Å². The lowest BCUT2D eigenvalue weighted by molar-refractivity contribution is -0.166. The SMILES string of the molecule is CO[C@]1(C(=O)O)CC[C@@H](c2nc3c(-c4cnc5ccc(F)cc5c4)cnn3c(N)c2Br)CC1. The Kier molecular flexibility index (Phi) is 5.29. The minimum absolute atomic E-state index is 0.0147. The Labute approximate surface area is 196 Å². The quantitative estimate of drug-likeness (QED) is 0.410. The van der Waals surface area contributed by atoms with Crippen molar-refractivity contribution in [2.45, 2.75) is 37.2 Å². The molecule has 1 aliphatic carbocycles. The van der Waals surface area contributed by atoms with Crippen LogP contribution in [0.4, 0.5) is 10.2 Å². The third-order valence-electron chi connectivity index (χ3n) is 6.56. The molecule has 8 nitrogen and oxygen atoms in total. The molecule has 0 aliphatic heterocycles. The van der Waals surface area contributed by atoms with Gasteiger partial charge in [-0.25, -0.2) is 14.2 Å². The van der Waals surface area contributed by atoms with Gasteiger partial charge >= 0.3 is 5.97 Å². The van der Waals surface area contributed by atoms with Crippen molar-refractivity contribution in [3.8, 4) is 11.1 Å². The van der Waals surface area contributed by atoms with E-state index in [0.29, 0.717) is 52.5 Å². The lowest BCUT2D eigenvalue weighted by atomic mass is 9.77. The number of nitrogens with zero attached hydrogens (tertiary/aromatic N) is 4. The number of carboxylic acids is 1. The van der Waals surface area contributed by atoms with Crippen molar-refractivity contribution in [2.24, 2.45) is 0 Å². The molecule has 0 radical (unpaired) electrons. The molecule has 0 amide bonds. The highest BCUT2D eigenvalue weighted by molar-refractivity contribution is 9.10. The monoisotopic (exact) mass is 513 g/mol. The first-order valence-corrected chi connectivity index (χ1v) is 11.3.